The van der Waals surface area contributed by atoms with Crippen molar-refractivity contribution in [2.45, 2.75) is 263 Å². The van der Waals surface area contributed by atoms with Crippen LogP contribution in [0.1, 0.15) is 236 Å². The van der Waals surface area contributed by atoms with Crippen LogP contribution in [0.5, 0.6) is 0 Å². The fourth-order valence-corrected chi connectivity index (χ4v) is 10.6. The second kappa shape index (κ2) is 40.1. The van der Waals surface area contributed by atoms with Gasteiger partial charge in [0.05, 0.1) is 5.56 Å². The molecule has 30 heteroatoms. The lowest BCUT2D eigenvalue weighted by atomic mass is 10.0. The summed E-state index contributed by atoms with van der Waals surface area (Å²) in [5.41, 5.74) is -4.85. The molecular formula is C77H118N12O18. The van der Waals surface area contributed by atoms with Gasteiger partial charge < -0.3 is 87.9 Å². The average Bonchev–Trinajstić information content (AvgIpc) is 0.825. The molecule has 107 heavy (non-hydrogen) atoms. The van der Waals surface area contributed by atoms with Gasteiger partial charge in [-0.15, -0.1) is 0 Å². The fraction of sp³-hybridized carbons (Fsp3) is 0.597. The molecule has 3 aromatic rings. The molecule has 0 aliphatic heterocycles. The largest absolute Gasteiger partial charge is 0.478 e. The molecule has 6 atom stereocenters. The topological polar surface area (TPSA) is 423 Å². The average molecular weight is 1500 g/mol. The van der Waals surface area contributed by atoms with Crippen molar-refractivity contribution in [3.05, 3.63) is 71.3 Å². The standard InChI is InChI=1S/C77H118N12O18/c1-40(2)25-55(84-61(90)46-31-49(78-65(94)57(27-42(5)6)86-70(100)104-74(13,14)15)37-50(32-46)79-66(95)58(28-43(7)8)87-71(101)105-75(16,17)18)63(92)82-53-35-48(69(98)99)36-54(39-53)83-64(93)56(26-41(3)4)85-62(91)47-33-51(80-67(96)59(29-44(9)10)88-72(102)106-76(19,20)21)38-52(34-47)81-68(97)60(30-45(11)12)89-73(103)107-77(22,23)24/h31-45,55-60H,25-30H2,1-24H3,(H,78,94)(H,79,95)(H,80,96)(H,81,97)(H,82,92)(H,83,93)(H,84,90)(H,85,91)(H,86,100)(H,87,101)(H,88,102)(H,89,103)(H,98,99)/t55-,56-,57-,58-,59-,60-/m0/s1. The highest BCUT2D eigenvalue weighted by molar-refractivity contribution is 6.08. The summed E-state index contributed by atoms with van der Waals surface area (Å²) in [6, 6.07) is 3.98. The quantitative estimate of drug-likeness (QED) is 0.0252. The lowest BCUT2D eigenvalue weighted by Crippen LogP contribution is -2.47. The van der Waals surface area contributed by atoms with E-state index in [0.717, 1.165) is 12.1 Å². The molecule has 0 spiro atoms. The number of carboxylic acid groups (broad SMARTS) is 1. The summed E-state index contributed by atoms with van der Waals surface area (Å²) in [6.45, 7) is 41.7. The lowest BCUT2D eigenvalue weighted by molar-refractivity contribution is -0.119. The van der Waals surface area contributed by atoms with Crippen LogP contribution >= 0.6 is 0 Å². The molecule has 3 aromatic carbocycles. The molecule has 0 aromatic heterocycles. The molecule has 0 heterocycles. The van der Waals surface area contributed by atoms with Gasteiger partial charge in [-0.1, -0.05) is 83.1 Å². The van der Waals surface area contributed by atoms with Crippen LogP contribution in [0.3, 0.4) is 0 Å². The number of amides is 12. The molecule has 12 amide bonds. The van der Waals surface area contributed by atoms with Gasteiger partial charge in [0.25, 0.3) is 11.8 Å². The fourth-order valence-electron chi connectivity index (χ4n) is 10.6. The predicted octanol–water partition coefficient (Wildman–Crippen LogP) is 12.5. The summed E-state index contributed by atoms with van der Waals surface area (Å²) in [5.74, 6) is -8.80. The first-order chi connectivity index (χ1) is 49.1. The highest BCUT2D eigenvalue weighted by atomic mass is 16.6. The number of carboxylic acids is 1. The zero-order chi connectivity index (χ0) is 81.6. The van der Waals surface area contributed by atoms with E-state index in [1.54, 1.807) is 111 Å². The maximum absolute atomic E-state index is 14.7. The zero-order valence-corrected chi connectivity index (χ0v) is 66.8. The second-order valence-electron chi connectivity index (χ2n) is 33.3. The van der Waals surface area contributed by atoms with E-state index >= 15 is 0 Å². The van der Waals surface area contributed by atoms with Crippen LogP contribution in [-0.4, -0.2) is 141 Å². The van der Waals surface area contributed by atoms with E-state index in [9.17, 15) is 67.4 Å². The molecule has 0 unspecified atom stereocenters. The number of ether oxygens (including phenoxy) is 4. The van der Waals surface area contributed by atoms with Crippen molar-refractivity contribution in [2.24, 2.45) is 35.5 Å². The van der Waals surface area contributed by atoms with Gasteiger partial charge in [0.15, 0.2) is 0 Å². The van der Waals surface area contributed by atoms with Gasteiger partial charge in [-0.2, -0.15) is 0 Å². The third-order valence-electron chi connectivity index (χ3n) is 14.7. The van der Waals surface area contributed by atoms with E-state index in [2.05, 4.69) is 63.8 Å². The van der Waals surface area contributed by atoms with Crippen molar-refractivity contribution >= 4 is 112 Å². The minimum absolute atomic E-state index is 0.00607. The van der Waals surface area contributed by atoms with Crippen molar-refractivity contribution in [1.29, 1.82) is 0 Å². The van der Waals surface area contributed by atoms with E-state index in [1.165, 1.54) is 42.5 Å². The van der Waals surface area contributed by atoms with Crippen molar-refractivity contribution < 1.29 is 86.4 Å². The van der Waals surface area contributed by atoms with Crippen LogP contribution in [0.4, 0.5) is 53.3 Å². The number of carbonyl (C=O) groups is 13. The van der Waals surface area contributed by atoms with Crippen LogP contribution in [0, 0.1) is 35.5 Å². The van der Waals surface area contributed by atoms with Gasteiger partial charge >= 0.3 is 30.3 Å². The van der Waals surface area contributed by atoms with Crippen LogP contribution in [-0.2, 0) is 47.7 Å². The minimum Gasteiger partial charge on any atom is -0.478 e. The number of anilines is 6. The molecule has 0 bridgehead atoms. The van der Waals surface area contributed by atoms with E-state index < -0.39 is 142 Å². The van der Waals surface area contributed by atoms with Gasteiger partial charge in [-0.25, -0.2) is 24.0 Å². The Morgan fingerprint density at radius 3 is 0.579 bits per heavy atom. The number of carbonyl (C=O) groups excluding carboxylic acids is 12. The minimum atomic E-state index is -1.47. The van der Waals surface area contributed by atoms with E-state index in [-0.39, 0.29) is 119 Å². The Labute approximate surface area is 629 Å². The van der Waals surface area contributed by atoms with E-state index in [4.69, 9.17) is 18.9 Å². The van der Waals surface area contributed by atoms with Crippen LogP contribution in [0.25, 0.3) is 0 Å². The molecular weight excluding hydrogens is 1380 g/mol. The van der Waals surface area contributed by atoms with E-state index in [0.29, 0.717) is 0 Å². The SMILES string of the molecule is CC(C)C[C@H](NC(=O)OC(C)(C)C)C(=O)Nc1cc(NC(=O)[C@H](CC(C)C)NC(=O)OC(C)(C)C)cc(C(=O)N[C@@H](CC(C)C)C(=O)Nc2cc(NC(=O)[C@H](CC(C)C)NC(=O)c3cc(NC(=O)[C@H](CC(C)C)NC(=O)OC(C)(C)C)cc(NC(=O)[C@H](CC(C)C)NC(=O)OC(C)(C)C)c3)cc(C(=O)O)c2)c1. The third kappa shape index (κ3) is 35.7. The van der Waals surface area contributed by atoms with Gasteiger partial charge in [-0.3, -0.25) is 38.4 Å². The molecule has 0 saturated carbocycles. The molecule has 3 rings (SSSR count). The Morgan fingerprint density at radius 1 is 0.271 bits per heavy atom. The third-order valence-corrected chi connectivity index (χ3v) is 14.7. The zero-order valence-electron chi connectivity index (χ0n) is 66.8. The highest BCUT2D eigenvalue weighted by Crippen LogP contribution is 2.27. The number of hydrogen-bond donors (Lipinski definition) is 13. The van der Waals surface area contributed by atoms with Gasteiger partial charge in [-0.05, 0) is 212 Å². The first-order valence-corrected chi connectivity index (χ1v) is 36.2. The molecule has 30 nitrogen and oxygen atoms in total. The summed E-state index contributed by atoms with van der Waals surface area (Å²) in [4.78, 5) is 180. The van der Waals surface area contributed by atoms with Crippen molar-refractivity contribution in [1.82, 2.24) is 31.9 Å². The lowest BCUT2D eigenvalue weighted by Gasteiger charge is -2.25. The normalized spacial score (nSPS) is 13.5. The summed E-state index contributed by atoms with van der Waals surface area (Å²) in [6.07, 6.45) is -2.86. The van der Waals surface area contributed by atoms with Crippen LogP contribution in [0.2, 0.25) is 0 Å². The first kappa shape index (κ1) is 91.2. The number of aromatic carboxylic acids is 1. The van der Waals surface area contributed by atoms with E-state index in [1.807, 2.05) is 55.4 Å². The first-order valence-electron chi connectivity index (χ1n) is 36.2. The number of alkyl carbamates (subject to hydrolysis) is 4. The Kier molecular flexibility index (Phi) is 34.1. The van der Waals surface area contributed by atoms with Crippen molar-refractivity contribution in [3.8, 4) is 0 Å². The molecule has 594 valence electrons. The Hall–Kier alpha value is -10.0. The number of hydrogen-bond acceptors (Lipinski definition) is 17. The predicted molar refractivity (Wildman–Crippen MR) is 410 cm³/mol. The molecule has 13 N–H and O–H groups in total. The van der Waals surface area contributed by atoms with Crippen molar-refractivity contribution in [2.75, 3.05) is 31.9 Å². The summed E-state index contributed by atoms with van der Waals surface area (Å²) >= 11 is 0. The maximum atomic E-state index is 14.7. The molecule has 0 aliphatic rings. The second-order valence-corrected chi connectivity index (χ2v) is 33.3. The molecule has 0 fully saturated rings. The maximum Gasteiger partial charge on any atom is 0.408 e. The van der Waals surface area contributed by atoms with Crippen LogP contribution < -0.4 is 63.8 Å². The summed E-state index contributed by atoms with van der Waals surface area (Å²) in [5, 5.41) is 42.6. The van der Waals surface area contributed by atoms with Gasteiger partial charge in [0.2, 0.25) is 35.4 Å². The number of benzene rings is 3. The Morgan fingerprint density at radius 2 is 0.430 bits per heavy atom. The molecule has 0 saturated heterocycles. The van der Waals surface area contributed by atoms with Gasteiger partial charge in [0.1, 0.15) is 58.7 Å². The summed E-state index contributed by atoms with van der Waals surface area (Å²) in [7, 11) is 0. The highest BCUT2D eigenvalue weighted by Gasteiger charge is 2.33. The number of nitrogens with one attached hydrogen (secondary N) is 12. The summed E-state index contributed by atoms with van der Waals surface area (Å²) < 4.78 is 21.8. The smallest absolute Gasteiger partial charge is 0.408 e. The van der Waals surface area contributed by atoms with Gasteiger partial charge in [0, 0.05) is 45.3 Å². The molecule has 0 radical (unpaired) electrons. The van der Waals surface area contributed by atoms with Crippen molar-refractivity contribution in [3.63, 3.8) is 0 Å². The Bertz CT molecular complexity index is 3280. The number of rotatable bonds is 33. The monoisotopic (exact) mass is 1500 g/mol. The molecule has 0 aliphatic carbocycles. The van der Waals surface area contributed by atoms with Crippen LogP contribution in [0.15, 0.2) is 54.6 Å². The Balaban J connectivity index is 2.15.